The Kier molecular flexibility index (Phi) is 3.01. The number of hydrogen-bond donors (Lipinski definition) is 1. The first-order chi connectivity index (χ1) is 8.19. The van der Waals surface area contributed by atoms with Gasteiger partial charge in [-0.15, -0.1) is 5.10 Å². The number of hydrogen-bond acceptors (Lipinski definition) is 4. The minimum absolute atomic E-state index is 0.0224. The molecule has 0 aliphatic heterocycles. The molecule has 0 aliphatic carbocycles. The predicted octanol–water partition coefficient (Wildman–Crippen LogP) is 1.44. The van der Waals surface area contributed by atoms with Gasteiger partial charge in [-0.3, -0.25) is 4.68 Å². The highest BCUT2D eigenvalue weighted by atomic mass is 19.1. The number of aryl methyl sites for hydroxylation is 1. The third-order valence-corrected chi connectivity index (χ3v) is 2.21. The van der Waals surface area contributed by atoms with E-state index < -0.39 is 5.82 Å². The monoisotopic (exact) mass is 231 g/mol. The highest BCUT2D eigenvalue weighted by molar-refractivity contribution is 5.49. The summed E-state index contributed by atoms with van der Waals surface area (Å²) < 4.78 is 14.7. The summed E-state index contributed by atoms with van der Waals surface area (Å²) in [5.41, 5.74) is 1.47. The zero-order valence-corrected chi connectivity index (χ0v) is 9.18. The zero-order chi connectivity index (χ0) is 12.3. The molecule has 1 heterocycles. The van der Waals surface area contributed by atoms with E-state index in [9.17, 15) is 4.39 Å². The second-order valence-electron chi connectivity index (χ2n) is 3.54. The van der Waals surface area contributed by atoms with Crippen molar-refractivity contribution in [1.29, 1.82) is 5.26 Å². The number of aromatic nitrogens is 3. The van der Waals surface area contributed by atoms with Gasteiger partial charge in [0.15, 0.2) is 0 Å². The number of rotatable bonds is 3. The van der Waals surface area contributed by atoms with Crippen molar-refractivity contribution in [3.8, 4) is 6.07 Å². The summed E-state index contributed by atoms with van der Waals surface area (Å²) in [4.78, 5) is 0. The van der Waals surface area contributed by atoms with Crippen molar-refractivity contribution in [2.45, 2.75) is 6.54 Å². The van der Waals surface area contributed by atoms with Gasteiger partial charge in [-0.2, -0.15) is 5.26 Å². The summed E-state index contributed by atoms with van der Waals surface area (Å²) in [6.45, 7) is 0.477. The SMILES string of the molecule is Cn1cc(CNc2ccc(F)c(C#N)c2)nn1. The molecule has 0 saturated carbocycles. The van der Waals surface area contributed by atoms with E-state index in [4.69, 9.17) is 5.26 Å². The first kappa shape index (κ1) is 11.1. The molecular formula is C11H10FN5. The summed E-state index contributed by atoms with van der Waals surface area (Å²) >= 11 is 0. The number of nitrogens with one attached hydrogen (secondary N) is 1. The van der Waals surface area contributed by atoms with Crippen LogP contribution in [0.5, 0.6) is 0 Å². The summed E-state index contributed by atoms with van der Waals surface area (Å²) in [5.74, 6) is -0.516. The minimum atomic E-state index is -0.516. The maximum Gasteiger partial charge on any atom is 0.141 e. The molecule has 1 aromatic carbocycles. The average Bonchev–Trinajstić information content (AvgIpc) is 2.74. The maximum atomic E-state index is 13.1. The summed E-state index contributed by atoms with van der Waals surface area (Å²) in [6.07, 6.45) is 1.78. The molecule has 17 heavy (non-hydrogen) atoms. The number of anilines is 1. The lowest BCUT2D eigenvalue weighted by Crippen LogP contribution is -2.00. The van der Waals surface area contributed by atoms with Crippen LogP contribution in [0.3, 0.4) is 0 Å². The van der Waals surface area contributed by atoms with Crippen molar-refractivity contribution >= 4 is 5.69 Å². The van der Waals surface area contributed by atoms with Gasteiger partial charge in [-0.1, -0.05) is 5.21 Å². The molecule has 0 bridgehead atoms. The van der Waals surface area contributed by atoms with Crippen molar-refractivity contribution in [2.75, 3.05) is 5.32 Å². The van der Waals surface area contributed by atoms with E-state index in [-0.39, 0.29) is 5.56 Å². The summed E-state index contributed by atoms with van der Waals surface area (Å²) in [6, 6.07) is 6.09. The van der Waals surface area contributed by atoms with Crippen LogP contribution in [0.4, 0.5) is 10.1 Å². The Hall–Kier alpha value is -2.42. The molecule has 2 aromatic rings. The number of halogens is 1. The first-order valence-electron chi connectivity index (χ1n) is 4.98. The molecule has 0 unspecified atom stereocenters. The number of nitrogens with zero attached hydrogens (tertiary/aromatic N) is 4. The molecule has 1 N–H and O–H groups in total. The number of benzene rings is 1. The van der Waals surface area contributed by atoms with Crippen LogP contribution in [0.1, 0.15) is 11.3 Å². The Labute approximate surface area is 97.5 Å². The normalized spacial score (nSPS) is 9.94. The molecule has 5 nitrogen and oxygen atoms in total. The lowest BCUT2D eigenvalue weighted by molar-refractivity contribution is 0.624. The molecule has 2 rings (SSSR count). The minimum Gasteiger partial charge on any atom is -0.379 e. The molecule has 0 saturated heterocycles. The first-order valence-corrected chi connectivity index (χ1v) is 4.98. The Morgan fingerprint density at radius 1 is 1.53 bits per heavy atom. The molecule has 6 heteroatoms. The van der Waals surface area contributed by atoms with Gasteiger partial charge in [0.1, 0.15) is 17.6 Å². The van der Waals surface area contributed by atoms with Gasteiger partial charge in [-0.25, -0.2) is 4.39 Å². The van der Waals surface area contributed by atoms with Gasteiger partial charge in [-0.05, 0) is 18.2 Å². The van der Waals surface area contributed by atoms with Crippen molar-refractivity contribution in [1.82, 2.24) is 15.0 Å². The quantitative estimate of drug-likeness (QED) is 0.867. The fourth-order valence-electron chi connectivity index (χ4n) is 1.39. The molecule has 0 radical (unpaired) electrons. The molecular weight excluding hydrogens is 221 g/mol. The largest absolute Gasteiger partial charge is 0.379 e. The summed E-state index contributed by atoms with van der Waals surface area (Å²) in [7, 11) is 1.78. The highest BCUT2D eigenvalue weighted by Gasteiger charge is 2.03. The van der Waals surface area contributed by atoms with Crippen molar-refractivity contribution in [3.63, 3.8) is 0 Å². The van der Waals surface area contributed by atoms with Crippen molar-refractivity contribution in [2.24, 2.45) is 7.05 Å². The van der Waals surface area contributed by atoms with E-state index in [0.29, 0.717) is 12.2 Å². The van der Waals surface area contributed by atoms with Gasteiger partial charge < -0.3 is 5.32 Å². The van der Waals surface area contributed by atoms with Crippen LogP contribution >= 0.6 is 0 Å². The van der Waals surface area contributed by atoms with Crippen molar-refractivity contribution < 1.29 is 4.39 Å². The van der Waals surface area contributed by atoms with Crippen LogP contribution in [-0.2, 0) is 13.6 Å². The Morgan fingerprint density at radius 3 is 3.00 bits per heavy atom. The lowest BCUT2D eigenvalue weighted by atomic mass is 10.2. The van der Waals surface area contributed by atoms with E-state index in [1.54, 1.807) is 30.1 Å². The van der Waals surface area contributed by atoms with Gasteiger partial charge in [0.05, 0.1) is 12.1 Å². The molecule has 86 valence electrons. The predicted molar refractivity (Wildman–Crippen MR) is 59.4 cm³/mol. The van der Waals surface area contributed by atoms with Crippen LogP contribution in [0.25, 0.3) is 0 Å². The molecule has 1 aromatic heterocycles. The van der Waals surface area contributed by atoms with Crippen LogP contribution in [-0.4, -0.2) is 15.0 Å². The third kappa shape index (κ3) is 2.58. The van der Waals surface area contributed by atoms with Crippen LogP contribution < -0.4 is 5.32 Å². The molecule has 0 spiro atoms. The molecule has 0 atom stereocenters. The third-order valence-electron chi connectivity index (χ3n) is 2.21. The van der Waals surface area contributed by atoms with E-state index in [1.807, 2.05) is 0 Å². The van der Waals surface area contributed by atoms with E-state index in [2.05, 4.69) is 15.6 Å². The molecule has 0 amide bonds. The fraction of sp³-hybridized carbons (Fsp3) is 0.182. The van der Waals surface area contributed by atoms with Gasteiger partial charge in [0, 0.05) is 18.9 Å². The van der Waals surface area contributed by atoms with Gasteiger partial charge >= 0.3 is 0 Å². The smallest absolute Gasteiger partial charge is 0.141 e. The van der Waals surface area contributed by atoms with Crippen molar-refractivity contribution in [3.05, 3.63) is 41.5 Å². The number of nitriles is 1. The van der Waals surface area contributed by atoms with Crippen LogP contribution in [0, 0.1) is 17.1 Å². The van der Waals surface area contributed by atoms with Crippen LogP contribution in [0.15, 0.2) is 24.4 Å². The Balaban J connectivity index is 2.07. The van der Waals surface area contributed by atoms with E-state index >= 15 is 0 Å². The Morgan fingerprint density at radius 2 is 2.35 bits per heavy atom. The van der Waals surface area contributed by atoms with Gasteiger partial charge in [0.25, 0.3) is 0 Å². The van der Waals surface area contributed by atoms with Crippen LogP contribution in [0.2, 0.25) is 0 Å². The zero-order valence-electron chi connectivity index (χ0n) is 9.18. The summed E-state index contributed by atoms with van der Waals surface area (Å²) in [5, 5.41) is 19.4. The van der Waals surface area contributed by atoms with E-state index in [0.717, 1.165) is 5.69 Å². The maximum absolute atomic E-state index is 13.1. The topological polar surface area (TPSA) is 66.5 Å². The average molecular weight is 231 g/mol. The Bertz CT molecular complexity index is 569. The second kappa shape index (κ2) is 4.61. The molecule has 0 fully saturated rings. The lowest BCUT2D eigenvalue weighted by Gasteiger charge is -2.04. The highest BCUT2D eigenvalue weighted by Crippen LogP contribution is 2.14. The molecule has 0 aliphatic rings. The standard InChI is InChI=1S/C11H10FN5/c1-17-7-10(15-16-17)6-14-9-2-3-11(12)8(4-9)5-13/h2-4,7,14H,6H2,1H3. The van der Waals surface area contributed by atoms with E-state index in [1.165, 1.54) is 12.1 Å². The second-order valence-corrected chi connectivity index (χ2v) is 3.54. The fourth-order valence-corrected chi connectivity index (χ4v) is 1.39. The van der Waals surface area contributed by atoms with Gasteiger partial charge in [0.2, 0.25) is 0 Å².